The van der Waals surface area contributed by atoms with E-state index in [0.717, 1.165) is 38.0 Å². The first-order valence-electron chi connectivity index (χ1n) is 7.35. The zero-order valence-electron chi connectivity index (χ0n) is 11.7. The lowest BCUT2D eigenvalue weighted by atomic mass is 10.1. The Bertz CT molecular complexity index is 342. The summed E-state index contributed by atoms with van der Waals surface area (Å²) < 4.78 is 5.59. The Balaban J connectivity index is 1.95. The maximum absolute atomic E-state index is 5.59. The van der Waals surface area contributed by atoms with Crippen LogP contribution in [0.3, 0.4) is 0 Å². The van der Waals surface area contributed by atoms with Crippen LogP contribution in [0.4, 0.5) is 0 Å². The molecule has 3 heteroatoms. The van der Waals surface area contributed by atoms with Gasteiger partial charge in [-0.1, -0.05) is 26.7 Å². The summed E-state index contributed by atoms with van der Waals surface area (Å²) in [5.41, 5.74) is 1.35. The minimum absolute atomic E-state index is 0.789. The smallest absolute Gasteiger partial charge is 0.122 e. The second kappa shape index (κ2) is 6.95. The van der Waals surface area contributed by atoms with Gasteiger partial charge in [-0.2, -0.15) is 0 Å². The molecular weight excluding hydrogens is 224 g/mol. The summed E-state index contributed by atoms with van der Waals surface area (Å²) in [5, 5.41) is 3.34. The van der Waals surface area contributed by atoms with E-state index in [-0.39, 0.29) is 0 Å². The van der Waals surface area contributed by atoms with Crippen LogP contribution in [0.25, 0.3) is 0 Å². The third kappa shape index (κ3) is 3.36. The average molecular weight is 250 g/mol. The fraction of sp³-hybridized carbons (Fsp3) is 0.733. The second-order valence-electron chi connectivity index (χ2n) is 5.15. The van der Waals surface area contributed by atoms with Crippen LogP contribution in [0.1, 0.15) is 50.9 Å². The summed E-state index contributed by atoms with van der Waals surface area (Å²) in [7, 11) is 0. The molecule has 0 unspecified atom stereocenters. The molecule has 0 amide bonds. The molecule has 1 aromatic rings. The van der Waals surface area contributed by atoms with Crippen molar-refractivity contribution in [1.29, 1.82) is 0 Å². The number of hydrogen-bond acceptors (Lipinski definition) is 3. The molecule has 18 heavy (non-hydrogen) atoms. The normalized spacial score (nSPS) is 16.8. The maximum atomic E-state index is 5.59. The van der Waals surface area contributed by atoms with Crippen molar-refractivity contribution < 1.29 is 4.42 Å². The minimum atomic E-state index is 0.789. The van der Waals surface area contributed by atoms with Crippen molar-refractivity contribution in [1.82, 2.24) is 10.2 Å². The highest BCUT2D eigenvalue weighted by Gasteiger charge is 2.22. The van der Waals surface area contributed by atoms with Gasteiger partial charge in [-0.15, -0.1) is 0 Å². The number of hydrogen-bond donors (Lipinski definition) is 1. The number of rotatable bonds is 7. The Morgan fingerprint density at radius 1 is 1.33 bits per heavy atom. The molecule has 1 heterocycles. The second-order valence-corrected chi connectivity index (χ2v) is 5.15. The molecule has 1 aliphatic rings. The van der Waals surface area contributed by atoms with Gasteiger partial charge in [-0.3, -0.25) is 4.90 Å². The molecule has 0 aliphatic heterocycles. The Kier molecular flexibility index (Phi) is 5.26. The largest absolute Gasteiger partial charge is 0.468 e. The molecule has 0 radical (unpaired) electrons. The summed E-state index contributed by atoms with van der Waals surface area (Å²) in [5.74, 6) is 1.10. The van der Waals surface area contributed by atoms with Crippen LogP contribution in [0.15, 0.2) is 16.7 Å². The van der Waals surface area contributed by atoms with Gasteiger partial charge in [0, 0.05) is 18.2 Å². The van der Waals surface area contributed by atoms with E-state index < -0.39 is 0 Å². The zero-order chi connectivity index (χ0) is 12.8. The molecule has 2 rings (SSSR count). The Morgan fingerprint density at radius 2 is 2.11 bits per heavy atom. The van der Waals surface area contributed by atoms with Crippen LogP contribution < -0.4 is 5.32 Å². The summed E-state index contributed by atoms with van der Waals surface area (Å²) in [6, 6.07) is 2.92. The first kappa shape index (κ1) is 13.6. The van der Waals surface area contributed by atoms with Crippen molar-refractivity contribution in [3.05, 3.63) is 23.7 Å². The number of nitrogens with one attached hydrogen (secondary N) is 1. The first-order chi connectivity index (χ1) is 8.85. The van der Waals surface area contributed by atoms with E-state index in [4.69, 9.17) is 4.42 Å². The molecule has 0 atom stereocenters. The van der Waals surface area contributed by atoms with Crippen molar-refractivity contribution in [3.8, 4) is 0 Å². The molecule has 1 N–H and O–H groups in total. The fourth-order valence-corrected chi connectivity index (χ4v) is 2.89. The van der Waals surface area contributed by atoms with Gasteiger partial charge in [0.1, 0.15) is 5.76 Å². The molecule has 1 fully saturated rings. The molecule has 1 aliphatic carbocycles. The van der Waals surface area contributed by atoms with E-state index in [0.29, 0.717) is 0 Å². The van der Waals surface area contributed by atoms with Crippen LogP contribution in [-0.2, 0) is 13.1 Å². The van der Waals surface area contributed by atoms with Crippen LogP contribution in [0.2, 0.25) is 0 Å². The molecule has 0 bridgehead atoms. The highest BCUT2D eigenvalue weighted by molar-refractivity contribution is 5.17. The van der Waals surface area contributed by atoms with E-state index in [1.807, 2.05) is 6.26 Å². The topological polar surface area (TPSA) is 28.4 Å². The third-order valence-electron chi connectivity index (χ3n) is 3.99. The Labute approximate surface area is 111 Å². The van der Waals surface area contributed by atoms with Crippen LogP contribution in [0, 0.1) is 0 Å². The van der Waals surface area contributed by atoms with E-state index in [1.165, 1.54) is 31.2 Å². The van der Waals surface area contributed by atoms with Crippen LogP contribution in [0.5, 0.6) is 0 Å². The van der Waals surface area contributed by atoms with Gasteiger partial charge in [-0.25, -0.2) is 0 Å². The maximum Gasteiger partial charge on any atom is 0.122 e. The third-order valence-corrected chi connectivity index (χ3v) is 3.99. The molecule has 102 valence electrons. The summed E-state index contributed by atoms with van der Waals surface area (Å²) in [6.07, 6.45) is 7.36. The van der Waals surface area contributed by atoms with Gasteiger partial charge in [-0.05, 0) is 32.0 Å². The highest BCUT2D eigenvalue weighted by atomic mass is 16.3. The van der Waals surface area contributed by atoms with E-state index in [2.05, 4.69) is 30.1 Å². The molecule has 3 nitrogen and oxygen atoms in total. The van der Waals surface area contributed by atoms with Crippen molar-refractivity contribution in [2.24, 2.45) is 0 Å². The fourth-order valence-electron chi connectivity index (χ4n) is 2.89. The number of nitrogens with zero attached hydrogens (tertiary/aromatic N) is 1. The van der Waals surface area contributed by atoms with Gasteiger partial charge in [0.05, 0.1) is 12.8 Å². The van der Waals surface area contributed by atoms with Crippen molar-refractivity contribution in [2.75, 3.05) is 13.1 Å². The van der Waals surface area contributed by atoms with Crippen molar-refractivity contribution >= 4 is 0 Å². The van der Waals surface area contributed by atoms with Crippen molar-refractivity contribution in [2.45, 2.75) is 58.7 Å². The molecule has 1 saturated carbocycles. The lowest BCUT2D eigenvalue weighted by Gasteiger charge is -2.27. The van der Waals surface area contributed by atoms with Crippen molar-refractivity contribution in [3.63, 3.8) is 0 Å². The van der Waals surface area contributed by atoms with Gasteiger partial charge in [0.15, 0.2) is 0 Å². The Morgan fingerprint density at radius 3 is 2.78 bits per heavy atom. The predicted molar refractivity (Wildman–Crippen MR) is 74.4 cm³/mol. The monoisotopic (exact) mass is 250 g/mol. The molecule has 0 saturated heterocycles. The number of furan rings is 1. The van der Waals surface area contributed by atoms with Gasteiger partial charge in [0.25, 0.3) is 0 Å². The quantitative estimate of drug-likeness (QED) is 0.806. The highest BCUT2D eigenvalue weighted by Crippen LogP contribution is 2.25. The summed E-state index contributed by atoms with van der Waals surface area (Å²) >= 11 is 0. The van der Waals surface area contributed by atoms with E-state index in [1.54, 1.807) is 0 Å². The van der Waals surface area contributed by atoms with Gasteiger partial charge in [0.2, 0.25) is 0 Å². The van der Waals surface area contributed by atoms with Gasteiger partial charge >= 0.3 is 0 Å². The lowest BCUT2D eigenvalue weighted by molar-refractivity contribution is 0.199. The molecular formula is C15H26N2O. The predicted octanol–water partition coefficient (Wildman–Crippen LogP) is 3.15. The minimum Gasteiger partial charge on any atom is -0.468 e. The van der Waals surface area contributed by atoms with Crippen LogP contribution >= 0.6 is 0 Å². The Hall–Kier alpha value is -0.800. The SMILES string of the molecule is CCNCc1occc1CN(CC)C1CCCC1. The van der Waals surface area contributed by atoms with E-state index >= 15 is 0 Å². The molecule has 1 aromatic heterocycles. The molecule has 0 aromatic carbocycles. The van der Waals surface area contributed by atoms with E-state index in [9.17, 15) is 0 Å². The van der Waals surface area contributed by atoms with Gasteiger partial charge < -0.3 is 9.73 Å². The summed E-state index contributed by atoms with van der Waals surface area (Å²) in [4.78, 5) is 2.60. The van der Waals surface area contributed by atoms with Crippen LogP contribution in [-0.4, -0.2) is 24.0 Å². The standard InChI is InChI=1S/C15H26N2O/c1-3-16-11-15-13(9-10-18-15)12-17(4-2)14-7-5-6-8-14/h9-10,14,16H,3-8,11-12H2,1-2H3. The average Bonchev–Trinajstić information content (AvgIpc) is 3.04. The lowest BCUT2D eigenvalue weighted by Crippen LogP contribution is -2.32. The zero-order valence-corrected chi connectivity index (χ0v) is 11.7. The summed E-state index contributed by atoms with van der Waals surface area (Å²) in [6.45, 7) is 8.40. The first-order valence-corrected chi connectivity index (χ1v) is 7.35. The molecule has 0 spiro atoms.